The van der Waals surface area contributed by atoms with Gasteiger partial charge in [0, 0.05) is 18.2 Å². The molecule has 168 valence electrons. The third-order valence-electron chi connectivity index (χ3n) is 5.58. The molecule has 0 fully saturated rings. The number of hydrogen-bond donors (Lipinski definition) is 1. The fourth-order valence-corrected chi connectivity index (χ4v) is 5.14. The maximum absolute atomic E-state index is 13.9. The average Bonchev–Trinajstić information content (AvgIpc) is 3.35. The highest BCUT2D eigenvalue weighted by atomic mass is 32.2. The van der Waals surface area contributed by atoms with Crippen LogP contribution in [0.4, 0.5) is 14.5 Å². The molecule has 0 radical (unpaired) electrons. The summed E-state index contributed by atoms with van der Waals surface area (Å²) in [4.78, 5) is 30.5. The molecule has 1 unspecified atom stereocenters. The van der Waals surface area contributed by atoms with Gasteiger partial charge < -0.3 is 5.32 Å². The lowest BCUT2D eigenvalue weighted by Gasteiger charge is -2.14. The molecule has 2 aromatic carbocycles. The molecule has 1 N–H and O–H groups in total. The first-order chi connectivity index (χ1) is 15.8. The van der Waals surface area contributed by atoms with Crippen LogP contribution < -0.4 is 10.9 Å². The number of fused-ring (bicyclic) bond motifs is 2. The van der Waals surface area contributed by atoms with Crippen molar-refractivity contribution in [2.24, 2.45) is 0 Å². The Balaban J connectivity index is 1.45. The summed E-state index contributed by atoms with van der Waals surface area (Å²) in [7, 11) is 0. The molecule has 7 nitrogen and oxygen atoms in total. The summed E-state index contributed by atoms with van der Waals surface area (Å²) in [5, 5.41) is 7.70. The monoisotopic (exact) mass is 467 g/mol. The van der Waals surface area contributed by atoms with E-state index in [2.05, 4.69) is 15.4 Å². The standard InChI is InChI=1S/C23H19F2N5O2S/c1-12-3-6-19(13(2)7-12)30-21-16(10-26-30)22(32)29-15(11-33-23(29)28-21)9-20(31)27-18-5-4-14(24)8-17(18)25/h3-8,10,15H,9,11H2,1-2H3,(H,27,31). The summed E-state index contributed by atoms with van der Waals surface area (Å²) in [6.45, 7) is 3.98. The Morgan fingerprint density at radius 2 is 2.03 bits per heavy atom. The van der Waals surface area contributed by atoms with Gasteiger partial charge in [-0.1, -0.05) is 29.5 Å². The van der Waals surface area contributed by atoms with Gasteiger partial charge in [-0.15, -0.1) is 0 Å². The van der Waals surface area contributed by atoms with Gasteiger partial charge in [0.05, 0.1) is 23.6 Å². The fraction of sp³-hybridized carbons (Fsp3) is 0.217. The Hall–Kier alpha value is -3.53. The van der Waals surface area contributed by atoms with Crippen molar-refractivity contribution >= 4 is 34.4 Å². The number of carbonyl (C=O) groups excluding carboxylic acids is 1. The number of aromatic nitrogens is 4. The lowest BCUT2D eigenvalue weighted by molar-refractivity contribution is -0.116. The van der Waals surface area contributed by atoms with Crippen LogP contribution in [0.25, 0.3) is 16.7 Å². The van der Waals surface area contributed by atoms with Crippen molar-refractivity contribution in [1.82, 2.24) is 19.3 Å². The number of nitrogens with zero attached hydrogens (tertiary/aromatic N) is 4. The molecular formula is C23H19F2N5O2S. The number of carbonyl (C=O) groups is 1. The maximum Gasteiger partial charge on any atom is 0.265 e. The number of hydrogen-bond acceptors (Lipinski definition) is 5. The van der Waals surface area contributed by atoms with E-state index in [-0.39, 0.29) is 17.7 Å². The summed E-state index contributed by atoms with van der Waals surface area (Å²) in [5.74, 6) is -1.58. The van der Waals surface area contributed by atoms with E-state index in [4.69, 9.17) is 0 Å². The molecule has 5 rings (SSSR count). The smallest absolute Gasteiger partial charge is 0.265 e. The van der Waals surface area contributed by atoms with Gasteiger partial charge in [0.1, 0.15) is 17.0 Å². The van der Waals surface area contributed by atoms with Gasteiger partial charge in [0.25, 0.3) is 5.56 Å². The van der Waals surface area contributed by atoms with Gasteiger partial charge in [-0.3, -0.25) is 14.2 Å². The largest absolute Gasteiger partial charge is 0.324 e. The lowest BCUT2D eigenvalue weighted by Crippen LogP contribution is -2.28. The average molecular weight is 468 g/mol. The number of benzene rings is 2. The quantitative estimate of drug-likeness (QED) is 0.456. The van der Waals surface area contributed by atoms with E-state index in [9.17, 15) is 18.4 Å². The van der Waals surface area contributed by atoms with Crippen molar-refractivity contribution < 1.29 is 13.6 Å². The van der Waals surface area contributed by atoms with E-state index in [0.717, 1.165) is 22.9 Å². The lowest BCUT2D eigenvalue weighted by atomic mass is 10.1. The van der Waals surface area contributed by atoms with Crippen LogP contribution in [0.1, 0.15) is 23.6 Å². The van der Waals surface area contributed by atoms with Crippen molar-refractivity contribution in [3.05, 3.63) is 75.7 Å². The van der Waals surface area contributed by atoms with Crippen LogP contribution in [0.3, 0.4) is 0 Å². The highest BCUT2D eigenvalue weighted by molar-refractivity contribution is 7.99. The summed E-state index contributed by atoms with van der Waals surface area (Å²) < 4.78 is 30.1. The van der Waals surface area contributed by atoms with Crippen molar-refractivity contribution in [2.45, 2.75) is 31.5 Å². The predicted octanol–water partition coefficient (Wildman–Crippen LogP) is 4.15. The van der Waals surface area contributed by atoms with Crippen LogP contribution in [0.5, 0.6) is 0 Å². The molecule has 0 saturated carbocycles. The number of anilines is 1. The van der Waals surface area contributed by atoms with E-state index in [1.54, 1.807) is 4.68 Å². The molecule has 2 aromatic heterocycles. The molecule has 3 heterocycles. The van der Waals surface area contributed by atoms with Crippen molar-refractivity contribution in [1.29, 1.82) is 0 Å². The molecule has 0 aliphatic carbocycles. The first-order valence-corrected chi connectivity index (χ1v) is 11.3. The zero-order valence-electron chi connectivity index (χ0n) is 17.8. The number of thioether (sulfide) groups is 1. The molecule has 1 aliphatic rings. The van der Waals surface area contributed by atoms with Gasteiger partial charge in [-0.25, -0.2) is 18.4 Å². The zero-order valence-corrected chi connectivity index (χ0v) is 18.6. The Labute approximate surface area is 191 Å². The Morgan fingerprint density at radius 1 is 1.21 bits per heavy atom. The van der Waals surface area contributed by atoms with Gasteiger partial charge in [0.15, 0.2) is 10.8 Å². The third-order valence-corrected chi connectivity index (χ3v) is 6.67. The third kappa shape index (κ3) is 3.80. The molecule has 1 amide bonds. The van der Waals surface area contributed by atoms with Crippen LogP contribution in [0, 0.1) is 25.5 Å². The summed E-state index contributed by atoms with van der Waals surface area (Å²) in [5.41, 5.74) is 3.05. The molecule has 10 heteroatoms. The number of amides is 1. The van der Waals surface area contributed by atoms with Gasteiger partial charge >= 0.3 is 0 Å². The topological polar surface area (TPSA) is 81.8 Å². The number of rotatable bonds is 4. The molecule has 1 aliphatic heterocycles. The summed E-state index contributed by atoms with van der Waals surface area (Å²) >= 11 is 1.38. The predicted molar refractivity (Wildman–Crippen MR) is 122 cm³/mol. The molecule has 0 bridgehead atoms. The Bertz CT molecular complexity index is 1480. The van der Waals surface area contributed by atoms with Crippen LogP contribution in [-0.4, -0.2) is 31.0 Å². The van der Waals surface area contributed by atoms with Crippen LogP contribution in [-0.2, 0) is 4.79 Å². The zero-order chi connectivity index (χ0) is 23.3. The van der Waals surface area contributed by atoms with Gasteiger partial charge in [0.2, 0.25) is 5.91 Å². The number of halogens is 2. The first-order valence-electron chi connectivity index (χ1n) is 10.3. The SMILES string of the molecule is Cc1ccc(-n2ncc3c(=O)n4c(nc32)SCC4CC(=O)Nc2ccc(F)cc2F)c(C)c1. The minimum atomic E-state index is -0.857. The maximum atomic E-state index is 13.9. The molecule has 0 spiro atoms. The highest BCUT2D eigenvalue weighted by Gasteiger charge is 2.30. The van der Waals surface area contributed by atoms with Gasteiger partial charge in [-0.2, -0.15) is 5.10 Å². The summed E-state index contributed by atoms with van der Waals surface area (Å²) in [6.07, 6.45) is 1.44. The van der Waals surface area contributed by atoms with Crippen LogP contribution in [0.2, 0.25) is 0 Å². The second kappa shape index (κ2) is 8.11. The van der Waals surface area contributed by atoms with Crippen LogP contribution in [0.15, 0.2) is 52.5 Å². The Morgan fingerprint density at radius 3 is 2.79 bits per heavy atom. The van der Waals surface area contributed by atoms with Crippen molar-refractivity contribution in [3.8, 4) is 5.69 Å². The summed E-state index contributed by atoms with van der Waals surface area (Å²) in [6, 6.07) is 8.45. The van der Waals surface area contributed by atoms with Gasteiger partial charge in [-0.05, 0) is 37.6 Å². The second-order valence-electron chi connectivity index (χ2n) is 7.99. The molecular weight excluding hydrogens is 448 g/mol. The molecule has 0 saturated heterocycles. The normalized spacial score (nSPS) is 15.1. The van der Waals surface area contributed by atoms with E-state index < -0.39 is 23.6 Å². The van der Waals surface area contributed by atoms with E-state index in [1.165, 1.54) is 28.6 Å². The highest BCUT2D eigenvalue weighted by Crippen LogP contribution is 2.34. The van der Waals surface area contributed by atoms with E-state index in [1.807, 2.05) is 32.0 Å². The van der Waals surface area contributed by atoms with Crippen molar-refractivity contribution in [2.75, 3.05) is 11.1 Å². The van der Waals surface area contributed by atoms with E-state index >= 15 is 0 Å². The molecule has 33 heavy (non-hydrogen) atoms. The number of nitrogens with one attached hydrogen (secondary N) is 1. The van der Waals surface area contributed by atoms with Crippen LogP contribution >= 0.6 is 11.8 Å². The fourth-order valence-electron chi connectivity index (χ4n) is 4.01. The van der Waals surface area contributed by atoms with Crippen molar-refractivity contribution in [3.63, 3.8) is 0 Å². The number of aryl methyl sites for hydroxylation is 2. The van der Waals surface area contributed by atoms with E-state index in [0.29, 0.717) is 28.0 Å². The minimum absolute atomic E-state index is 0.0465. The molecule has 4 aromatic rings. The molecule has 1 atom stereocenters. The Kier molecular flexibility index (Phi) is 5.24. The first kappa shape index (κ1) is 21.3. The second-order valence-corrected chi connectivity index (χ2v) is 8.98. The minimum Gasteiger partial charge on any atom is -0.324 e.